The summed E-state index contributed by atoms with van der Waals surface area (Å²) in [6.45, 7) is 1.39. The molecule has 1 saturated heterocycles. The summed E-state index contributed by atoms with van der Waals surface area (Å²) >= 11 is 0. The number of aromatic carboxylic acids is 2. The number of hydrogen-bond donors (Lipinski definition) is 4. The van der Waals surface area contributed by atoms with Crippen molar-refractivity contribution in [3.63, 3.8) is 0 Å². The molecule has 2 rings (SSSR count). The van der Waals surface area contributed by atoms with Gasteiger partial charge in [0.25, 0.3) is 5.91 Å². The summed E-state index contributed by atoms with van der Waals surface area (Å²) in [5.74, 6) is -3.01. The number of carboxylic acid groups (broad SMARTS) is 2. The maximum atomic E-state index is 12.0. The molecule has 1 amide bonds. The van der Waals surface area contributed by atoms with E-state index >= 15 is 0 Å². The smallest absolute Gasteiger partial charge is 0.335 e. The van der Waals surface area contributed by atoms with Gasteiger partial charge in [-0.15, -0.1) is 0 Å². The van der Waals surface area contributed by atoms with Crippen LogP contribution in [-0.2, 0) is 9.53 Å². The Balaban J connectivity index is 2.20. The van der Waals surface area contributed by atoms with Crippen molar-refractivity contribution in [2.24, 2.45) is 0 Å². The molecule has 0 saturated carbocycles. The summed E-state index contributed by atoms with van der Waals surface area (Å²) in [6, 6.07) is 3.42. The third kappa shape index (κ3) is 3.77. The van der Waals surface area contributed by atoms with E-state index in [9.17, 15) is 14.4 Å². The Labute approximate surface area is 119 Å². The van der Waals surface area contributed by atoms with E-state index < -0.39 is 23.9 Å². The lowest BCUT2D eigenvalue weighted by molar-refractivity contribution is -0.128. The van der Waals surface area contributed by atoms with Crippen molar-refractivity contribution in [1.29, 1.82) is 0 Å². The molecule has 0 radical (unpaired) electrons. The SMILES string of the molecule is O=C(O)c1cc(NC(=O)C2CNCCO2)cc(C(=O)O)c1. The van der Waals surface area contributed by atoms with Crippen molar-refractivity contribution < 1.29 is 29.3 Å². The number of nitrogens with one attached hydrogen (secondary N) is 2. The predicted molar refractivity (Wildman–Crippen MR) is 71.6 cm³/mol. The van der Waals surface area contributed by atoms with E-state index in [1.54, 1.807) is 0 Å². The molecule has 0 bridgehead atoms. The van der Waals surface area contributed by atoms with Crippen LogP contribution in [0.2, 0.25) is 0 Å². The van der Waals surface area contributed by atoms with Crippen molar-refractivity contribution in [1.82, 2.24) is 5.32 Å². The van der Waals surface area contributed by atoms with Gasteiger partial charge >= 0.3 is 11.9 Å². The number of amides is 1. The van der Waals surface area contributed by atoms with Gasteiger partial charge in [-0.3, -0.25) is 4.79 Å². The Morgan fingerprint density at radius 1 is 1.14 bits per heavy atom. The van der Waals surface area contributed by atoms with Crippen LogP contribution in [0.3, 0.4) is 0 Å². The van der Waals surface area contributed by atoms with E-state index in [0.29, 0.717) is 19.7 Å². The molecule has 1 aliphatic heterocycles. The molecule has 8 heteroatoms. The molecule has 1 aromatic rings. The fraction of sp³-hybridized carbons (Fsp3) is 0.308. The number of carboxylic acids is 2. The van der Waals surface area contributed by atoms with Crippen LogP contribution in [0.25, 0.3) is 0 Å². The lowest BCUT2D eigenvalue weighted by atomic mass is 10.1. The summed E-state index contributed by atoms with van der Waals surface area (Å²) in [7, 11) is 0. The quantitative estimate of drug-likeness (QED) is 0.616. The highest BCUT2D eigenvalue weighted by Gasteiger charge is 2.22. The molecule has 8 nitrogen and oxygen atoms in total. The summed E-state index contributed by atoms with van der Waals surface area (Å²) in [6.07, 6.45) is -0.694. The standard InChI is InChI=1S/C13H14N2O6/c16-11(10-6-14-1-2-21-10)15-9-4-7(12(17)18)3-8(5-9)13(19)20/h3-5,10,14H,1-2,6H2,(H,15,16)(H,17,18)(H,19,20). The van der Waals surface area contributed by atoms with Gasteiger partial charge in [0, 0.05) is 18.8 Å². The lowest BCUT2D eigenvalue weighted by Crippen LogP contribution is -2.45. The number of anilines is 1. The Kier molecular flexibility index (Phi) is 4.51. The molecule has 112 valence electrons. The van der Waals surface area contributed by atoms with Gasteiger partial charge in [-0.05, 0) is 18.2 Å². The van der Waals surface area contributed by atoms with Gasteiger partial charge in [0.2, 0.25) is 0 Å². The predicted octanol–water partition coefficient (Wildman–Crippen LogP) is 0.00990. The molecular weight excluding hydrogens is 280 g/mol. The van der Waals surface area contributed by atoms with E-state index in [1.165, 1.54) is 12.1 Å². The van der Waals surface area contributed by atoms with Crippen LogP contribution in [0.15, 0.2) is 18.2 Å². The van der Waals surface area contributed by atoms with E-state index in [0.717, 1.165) is 6.07 Å². The molecule has 1 fully saturated rings. The number of carbonyl (C=O) groups excluding carboxylic acids is 1. The molecule has 1 atom stereocenters. The number of benzene rings is 1. The Morgan fingerprint density at radius 3 is 2.24 bits per heavy atom. The molecule has 21 heavy (non-hydrogen) atoms. The van der Waals surface area contributed by atoms with Gasteiger partial charge in [0.05, 0.1) is 17.7 Å². The van der Waals surface area contributed by atoms with Crippen LogP contribution < -0.4 is 10.6 Å². The number of rotatable bonds is 4. The van der Waals surface area contributed by atoms with Crippen molar-refractivity contribution in [2.45, 2.75) is 6.10 Å². The number of ether oxygens (including phenoxy) is 1. The van der Waals surface area contributed by atoms with Gasteiger partial charge in [-0.2, -0.15) is 0 Å². The minimum Gasteiger partial charge on any atom is -0.478 e. The second-order valence-electron chi connectivity index (χ2n) is 4.46. The molecule has 0 aliphatic carbocycles. The first-order valence-corrected chi connectivity index (χ1v) is 6.22. The van der Waals surface area contributed by atoms with Crippen molar-refractivity contribution in [3.05, 3.63) is 29.3 Å². The third-order valence-corrected chi connectivity index (χ3v) is 2.91. The third-order valence-electron chi connectivity index (χ3n) is 2.91. The first kappa shape index (κ1) is 14.9. The van der Waals surface area contributed by atoms with Crippen molar-refractivity contribution in [2.75, 3.05) is 25.0 Å². The number of carbonyl (C=O) groups is 3. The Hall–Kier alpha value is -2.45. The summed E-state index contributed by atoms with van der Waals surface area (Å²) in [5.41, 5.74) is -0.327. The summed E-state index contributed by atoms with van der Waals surface area (Å²) in [4.78, 5) is 33.9. The zero-order chi connectivity index (χ0) is 15.4. The molecule has 0 aromatic heterocycles. The molecule has 1 unspecified atom stereocenters. The van der Waals surface area contributed by atoms with Crippen LogP contribution >= 0.6 is 0 Å². The van der Waals surface area contributed by atoms with Crippen LogP contribution in [0.4, 0.5) is 5.69 Å². The summed E-state index contributed by atoms with van der Waals surface area (Å²) in [5, 5.41) is 23.4. The van der Waals surface area contributed by atoms with E-state index in [4.69, 9.17) is 14.9 Å². The number of hydrogen-bond acceptors (Lipinski definition) is 5. The average Bonchev–Trinajstić information content (AvgIpc) is 2.47. The minimum atomic E-state index is -1.27. The van der Waals surface area contributed by atoms with Gasteiger partial charge in [0.15, 0.2) is 0 Å². The Bertz CT molecular complexity index is 548. The maximum absolute atomic E-state index is 12.0. The monoisotopic (exact) mass is 294 g/mol. The van der Waals surface area contributed by atoms with Crippen LogP contribution in [0.5, 0.6) is 0 Å². The molecule has 0 spiro atoms. The van der Waals surface area contributed by atoms with Crippen LogP contribution in [0.1, 0.15) is 20.7 Å². The number of morpholine rings is 1. The highest BCUT2D eigenvalue weighted by Crippen LogP contribution is 2.16. The van der Waals surface area contributed by atoms with Gasteiger partial charge in [0.1, 0.15) is 6.10 Å². The van der Waals surface area contributed by atoms with Crippen molar-refractivity contribution >= 4 is 23.5 Å². The molecule has 1 aliphatic rings. The lowest BCUT2D eigenvalue weighted by Gasteiger charge is -2.22. The summed E-state index contributed by atoms with van der Waals surface area (Å²) < 4.78 is 5.26. The normalized spacial score (nSPS) is 18.0. The van der Waals surface area contributed by atoms with Gasteiger partial charge in [-0.1, -0.05) is 0 Å². The molecule has 4 N–H and O–H groups in total. The van der Waals surface area contributed by atoms with Crippen molar-refractivity contribution in [3.8, 4) is 0 Å². The fourth-order valence-corrected chi connectivity index (χ4v) is 1.90. The highest BCUT2D eigenvalue weighted by molar-refractivity contribution is 5.99. The maximum Gasteiger partial charge on any atom is 0.335 e. The van der Waals surface area contributed by atoms with E-state index in [2.05, 4.69) is 10.6 Å². The topological polar surface area (TPSA) is 125 Å². The first-order chi connectivity index (χ1) is 9.97. The largest absolute Gasteiger partial charge is 0.478 e. The van der Waals surface area contributed by atoms with Crippen LogP contribution in [-0.4, -0.2) is 53.9 Å². The van der Waals surface area contributed by atoms with Gasteiger partial charge in [-0.25, -0.2) is 9.59 Å². The second-order valence-corrected chi connectivity index (χ2v) is 4.46. The van der Waals surface area contributed by atoms with Crippen LogP contribution in [0, 0.1) is 0 Å². The molecular formula is C13H14N2O6. The first-order valence-electron chi connectivity index (χ1n) is 6.22. The zero-order valence-corrected chi connectivity index (χ0v) is 11.0. The minimum absolute atomic E-state index is 0.103. The fourth-order valence-electron chi connectivity index (χ4n) is 1.90. The molecule has 1 heterocycles. The molecule has 1 aromatic carbocycles. The Morgan fingerprint density at radius 2 is 1.76 bits per heavy atom. The average molecular weight is 294 g/mol. The second kappa shape index (κ2) is 6.33. The highest BCUT2D eigenvalue weighted by atomic mass is 16.5. The van der Waals surface area contributed by atoms with E-state index in [-0.39, 0.29) is 16.8 Å². The zero-order valence-electron chi connectivity index (χ0n) is 11.0. The van der Waals surface area contributed by atoms with Gasteiger partial charge < -0.3 is 25.6 Å². The van der Waals surface area contributed by atoms with E-state index in [1.807, 2.05) is 0 Å².